The second-order valence-electron chi connectivity index (χ2n) is 8.23. The number of carbonyl (C=O) groups is 4. The van der Waals surface area contributed by atoms with Crippen LogP contribution < -0.4 is 0 Å². The average molecular weight is 437 g/mol. The third kappa shape index (κ3) is 2.59. The van der Waals surface area contributed by atoms with Crippen LogP contribution in [-0.2, 0) is 0 Å². The van der Waals surface area contributed by atoms with Crippen molar-refractivity contribution >= 4 is 24.1 Å². The summed E-state index contributed by atoms with van der Waals surface area (Å²) in [7, 11) is 3.37. The van der Waals surface area contributed by atoms with Crippen LogP contribution in [0.3, 0.4) is 0 Å². The van der Waals surface area contributed by atoms with Gasteiger partial charge in [-0.2, -0.15) is 0 Å². The molecule has 12 heteroatoms. The number of fused-ring (bicyclic) bond motifs is 2. The maximum absolute atomic E-state index is 13.2. The van der Waals surface area contributed by atoms with E-state index in [1.807, 2.05) is 27.7 Å². The van der Waals surface area contributed by atoms with Crippen molar-refractivity contribution < 1.29 is 19.2 Å². The molecule has 4 saturated heterocycles. The van der Waals surface area contributed by atoms with Gasteiger partial charge in [0.05, 0.1) is 0 Å². The molecule has 0 radical (unpaired) electrons. The van der Waals surface area contributed by atoms with Crippen molar-refractivity contribution in [3.63, 3.8) is 0 Å². The lowest BCUT2D eigenvalue weighted by atomic mass is 10.3. The van der Waals surface area contributed by atoms with Crippen molar-refractivity contribution in [3.8, 4) is 0 Å². The first-order valence-corrected chi connectivity index (χ1v) is 11.0. The normalized spacial score (nSPS) is 30.6. The fourth-order valence-electron chi connectivity index (χ4n) is 5.50. The molecule has 4 heterocycles. The largest absolute Gasteiger partial charge is 0.324 e. The van der Waals surface area contributed by atoms with E-state index in [9.17, 15) is 19.2 Å². The summed E-state index contributed by atoms with van der Waals surface area (Å²) in [6.07, 6.45) is -1.78. The van der Waals surface area contributed by atoms with Gasteiger partial charge in [-0.1, -0.05) is 0 Å². The molecule has 31 heavy (non-hydrogen) atoms. The molecule has 4 aliphatic rings. The van der Waals surface area contributed by atoms with Gasteiger partial charge < -0.3 is 29.4 Å². The highest BCUT2D eigenvalue weighted by Gasteiger charge is 2.61. The molecule has 172 valence electrons. The SMILES string of the molecule is CCN1C(=O)N(CC)[C@@H]2[C@@H]1N(CN1C(=O)N(C)[C@H]3[C@H]1N(CC)C(=O)N3CC)C(=O)N2C. The summed E-state index contributed by atoms with van der Waals surface area (Å²) in [6, 6.07) is -0.706. The topological polar surface area (TPSA) is 94.2 Å². The molecule has 0 spiro atoms. The van der Waals surface area contributed by atoms with Crippen LogP contribution in [0.15, 0.2) is 0 Å². The molecule has 0 aromatic carbocycles. The summed E-state index contributed by atoms with van der Waals surface area (Å²) >= 11 is 0. The van der Waals surface area contributed by atoms with Gasteiger partial charge in [-0.3, -0.25) is 9.80 Å². The summed E-state index contributed by atoms with van der Waals surface area (Å²) < 4.78 is 0. The van der Waals surface area contributed by atoms with Crippen LogP contribution in [0.2, 0.25) is 0 Å². The van der Waals surface area contributed by atoms with Gasteiger partial charge in [0.1, 0.15) is 19.0 Å². The van der Waals surface area contributed by atoms with Gasteiger partial charge in [0.2, 0.25) is 0 Å². The third-order valence-electron chi connectivity index (χ3n) is 6.99. The van der Waals surface area contributed by atoms with Crippen molar-refractivity contribution in [2.45, 2.75) is 52.4 Å². The maximum atomic E-state index is 13.2. The Balaban J connectivity index is 1.68. The molecule has 4 rings (SSSR count). The molecule has 0 aromatic rings. The van der Waals surface area contributed by atoms with E-state index in [1.54, 1.807) is 53.3 Å². The fourth-order valence-corrected chi connectivity index (χ4v) is 5.50. The number of nitrogens with zero attached hydrogens (tertiary/aromatic N) is 8. The molecule has 0 aromatic heterocycles. The highest BCUT2D eigenvalue weighted by Crippen LogP contribution is 2.38. The number of rotatable bonds is 6. The second-order valence-corrected chi connectivity index (χ2v) is 8.23. The van der Waals surface area contributed by atoms with Gasteiger partial charge in [-0.25, -0.2) is 19.2 Å². The van der Waals surface area contributed by atoms with E-state index in [2.05, 4.69) is 0 Å². The molecular weight excluding hydrogens is 404 g/mol. The molecule has 4 aliphatic heterocycles. The molecule has 0 unspecified atom stereocenters. The molecular formula is C19H32N8O4. The van der Waals surface area contributed by atoms with Gasteiger partial charge in [-0.05, 0) is 27.7 Å². The average Bonchev–Trinajstić information content (AvgIpc) is 3.36. The summed E-state index contributed by atoms with van der Waals surface area (Å²) in [6.45, 7) is 9.44. The van der Waals surface area contributed by atoms with E-state index in [0.717, 1.165) is 0 Å². The standard InChI is InChI=1S/C19H32N8O4/c1-7-22-12-14(24(9-3)18(22)30)26(16(28)20(12)5)11-27-15-13(21(6)17(27)29)23(8-2)19(31)25(15)10-4/h12-15H,7-11H2,1-6H3/t12-,13-,14+,15+/m1/s1. The van der Waals surface area contributed by atoms with Gasteiger partial charge >= 0.3 is 24.1 Å². The Bertz CT molecular complexity index is 744. The van der Waals surface area contributed by atoms with Gasteiger partial charge in [0.15, 0.2) is 12.3 Å². The summed E-state index contributed by atoms with van der Waals surface area (Å²) in [5.41, 5.74) is 0. The number of hydrogen-bond donors (Lipinski definition) is 0. The lowest BCUT2D eigenvalue weighted by Gasteiger charge is -2.35. The van der Waals surface area contributed by atoms with Gasteiger partial charge in [-0.15, -0.1) is 0 Å². The Labute approximate surface area is 182 Å². The Morgan fingerprint density at radius 3 is 1.06 bits per heavy atom. The Morgan fingerprint density at radius 2 is 0.774 bits per heavy atom. The molecule has 0 N–H and O–H groups in total. The maximum Gasteiger partial charge on any atom is 0.324 e. The second kappa shape index (κ2) is 7.34. The monoisotopic (exact) mass is 436 g/mol. The van der Waals surface area contributed by atoms with Crippen molar-refractivity contribution in [1.29, 1.82) is 0 Å². The zero-order valence-corrected chi connectivity index (χ0v) is 19.1. The Hall–Kier alpha value is -2.92. The number of urea groups is 4. The molecule has 0 saturated carbocycles. The number of carbonyl (C=O) groups excluding carboxylic acids is 4. The minimum Gasteiger partial charge on any atom is -0.303 e. The third-order valence-corrected chi connectivity index (χ3v) is 6.99. The molecule has 12 nitrogen and oxygen atoms in total. The van der Waals surface area contributed by atoms with E-state index in [0.29, 0.717) is 26.2 Å². The first-order valence-electron chi connectivity index (χ1n) is 11.0. The molecule has 0 bridgehead atoms. The van der Waals surface area contributed by atoms with Crippen LogP contribution in [-0.4, -0.2) is 135 Å². The van der Waals surface area contributed by atoms with E-state index in [-0.39, 0.29) is 30.8 Å². The van der Waals surface area contributed by atoms with Crippen LogP contribution >= 0.6 is 0 Å². The molecule has 4 fully saturated rings. The zero-order valence-electron chi connectivity index (χ0n) is 19.1. The van der Waals surface area contributed by atoms with E-state index < -0.39 is 24.7 Å². The highest BCUT2D eigenvalue weighted by molar-refractivity contribution is 5.87. The lowest BCUT2D eigenvalue weighted by Crippen LogP contribution is -2.55. The van der Waals surface area contributed by atoms with Crippen LogP contribution in [0.25, 0.3) is 0 Å². The van der Waals surface area contributed by atoms with Crippen LogP contribution in [0.1, 0.15) is 27.7 Å². The molecule has 8 amide bonds. The van der Waals surface area contributed by atoms with E-state index >= 15 is 0 Å². The Kier molecular flexibility index (Phi) is 5.05. The molecule has 4 atom stereocenters. The molecule has 0 aliphatic carbocycles. The quantitative estimate of drug-likeness (QED) is 0.607. The number of hydrogen-bond acceptors (Lipinski definition) is 4. The van der Waals surface area contributed by atoms with Crippen molar-refractivity contribution in [3.05, 3.63) is 0 Å². The van der Waals surface area contributed by atoms with Gasteiger partial charge in [0, 0.05) is 40.3 Å². The summed E-state index contributed by atoms with van der Waals surface area (Å²) in [5, 5.41) is 0. The summed E-state index contributed by atoms with van der Waals surface area (Å²) in [5.74, 6) is 0. The zero-order chi connectivity index (χ0) is 22.8. The van der Waals surface area contributed by atoms with Crippen molar-refractivity contribution in [2.24, 2.45) is 0 Å². The van der Waals surface area contributed by atoms with Crippen LogP contribution in [0, 0.1) is 0 Å². The fraction of sp³-hybridized carbons (Fsp3) is 0.789. The minimum atomic E-state index is -0.485. The lowest BCUT2D eigenvalue weighted by molar-refractivity contribution is 0.0579. The first-order chi connectivity index (χ1) is 14.7. The number of amides is 8. The van der Waals surface area contributed by atoms with Crippen LogP contribution in [0.4, 0.5) is 19.2 Å². The highest BCUT2D eigenvalue weighted by atomic mass is 16.2. The predicted octanol–water partition coefficient (Wildman–Crippen LogP) is 0.538. The predicted molar refractivity (Wildman–Crippen MR) is 110 cm³/mol. The number of likely N-dealkylation sites (N-methyl/N-ethyl adjacent to an activating group) is 6. The summed E-state index contributed by atoms with van der Waals surface area (Å²) in [4.78, 5) is 65.2. The van der Waals surface area contributed by atoms with Crippen molar-refractivity contribution in [1.82, 2.24) is 39.2 Å². The van der Waals surface area contributed by atoms with E-state index in [1.165, 1.54) is 0 Å². The minimum absolute atomic E-state index is 0.0113. The van der Waals surface area contributed by atoms with Crippen molar-refractivity contribution in [2.75, 3.05) is 46.9 Å². The Morgan fingerprint density at radius 1 is 0.484 bits per heavy atom. The first kappa shape index (κ1) is 21.3. The van der Waals surface area contributed by atoms with Crippen LogP contribution in [0.5, 0.6) is 0 Å². The van der Waals surface area contributed by atoms with E-state index in [4.69, 9.17) is 0 Å². The smallest absolute Gasteiger partial charge is 0.303 e. The van der Waals surface area contributed by atoms with Gasteiger partial charge in [0.25, 0.3) is 0 Å².